The average Bonchev–Trinajstić information content (AvgIpc) is 2.41. The number of carbonyl (C=O) groups excluding carboxylic acids is 2. The monoisotopic (exact) mass is 198 g/mol. The van der Waals surface area contributed by atoms with Gasteiger partial charge in [-0.25, -0.2) is 0 Å². The zero-order valence-corrected chi connectivity index (χ0v) is 8.36. The maximum absolute atomic E-state index is 11.4. The van der Waals surface area contributed by atoms with Crippen LogP contribution in [0.3, 0.4) is 0 Å². The molecule has 0 heterocycles. The van der Waals surface area contributed by atoms with Crippen molar-refractivity contribution in [3.63, 3.8) is 0 Å². The first-order valence-electron chi connectivity index (χ1n) is 4.72. The molecule has 0 aromatic heterocycles. The summed E-state index contributed by atoms with van der Waals surface area (Å²) in [4.78, 5) is 22.2. The first-order chi connectivity index (χ1) is 7.24. The van der Waals surface area contributed by atoms with Gasteiger partial charge in [-0.3, -0.25) is 9.59 Å². The highest BCUT2D eigenvalue weighted by Crippen LogP contribution is 2.30. The molecule has 0 aliphatic heterocycles. The highest BCUT2D eigenvalue weighted by Gasteiger charge is 2.16. The van der Waals surface area contributed by atoms with Gasteiger partial charge in [-0.1, -0.05) is 30.3 Å². The van der Waals surface area contributed by atoms with E-state index in [-0.39, 0.29) is 5.78 Å². The maximum Gasteiger partial charge on any atom is 0.160 e. The van der Waals surface area contributed by atoms with Crippen molar-refractivity contribution in [3.8, 4) is 11.1 Å². The summed E-state index contributed by atoms with van der Waals surface area (Å²) in [6.07, 6.45) is 0.786. The number of hydrogen-bond acceptors (Lipinski definition) is 2. The van der Waals surface area contributed by atoms with Gasteiger partial charge in [-0.15, -0.1) is 0 Å². The Hall–Kier alpha value is -1.96. The molecular weight excluding hydrogens is 188 g/mol. The minimum Gasteiger partial charge on any atom is -0.298 e. The van der Waals surface area contributed by atoms with Crippen LogP contribution in [0.2, 0.25) is 0 Å². The zero-order valence-electron chi connectivity index (χ0n) is 8.36. The highest BCUT2D eigenvalue weighted by molar-refractivity contribution is 6.06. The number of aldehydes is 1. The van der Waals surface area contributed by atoms with Crippen LogP contribution in [0.25, 0.3) is 11.1 Å². The van der Waals surface area contributed by atoms with Crippen LogP contribution < -0.4 is 0 Å². The molecule has 2 nitrogen and oxygen atoms in total. The second-order valence-corrected chi connectivity index (χ2v) is 3.43. The maximum atomic E-state index is 11.4. The molecule has 0 N–H and O–H groups in total. The predicted octanol–water partition coefficient (Wildman–Crippen LogP) is 2.81. The molecule has 0 amide bonds. The van der Waals surface area contributed by atoms with Crippen molar-refractivity contribution < 1.29 is 9.59 Å². The van der Waals surface area contributed by atoms with E-state index in [4.69, 9.17) is 0 Å². The Kier molecular flexibility index (Phi) is 2.34. The van der Waals surface area contributed by atoms with Crippen molar-refractivity contribution in [2.24, 2.45) is 0 Å². The smallest absolute Gasteiger partial charge is 0.160 e. The van der Waals surface area contributed by atoms with Gasteiger partial charge in [0.2, 0.25) is 0 Å². The van der Waals surface area contributed by atoms with Gasteiger partial charge in [0, 0.05) is 11.1 Å². The second-order valence-electron chi connectivity index (χ2n) is 3.43. The van der Waals surface area contributed by atoms with Crippen molar-refractivity contribution in [1.29, 1.82) is 0 Å². The number of carbonyl (C=O) groups is 2. The summed E-state index contributed by atoms with van der Waals surface area (Å²) in [6, 6.07) is 11.0. The van der Waals surface area contributed by atoms with Crippen LogP contribution in [-0.2, 0) is 0 Å². The van der Waals surface area contributed by atoms with E-state index < -0.39 is 0 Å². The number of ketones is 1. The number of hydrogen-bond donors (Lipinski definition) is 0. The van der Waals surface area contributed by atoms with E-state index in [1.165, 1.54) is 6.92 Å². The third kappa shape index (κ3) is 1.54. The lowest BCUT2D eigenvalue weighted by Crippen LogP contribution is -1.89. The molecule has 2 heteroatoms. The van der Waals surface area contributed by atoms with Crippen LogP contribution in [0.1, 0.15) is 27.6 Å². The quantitative estimate of drug-likeness (QED) is 0.549. The van der Waals surface area contributed by atoms with Gasteiger partial charge in [0.05, 0.1) is 0 Å². The number of rotatable bonds is 2. The number of Topliss-reactive ketones (excluding diaryl/α,β-unsaturated/α-hetero) is 1. The average molecular weight is 198 g/mol. The van der Waals surface area contributed by atoms with E-state index in [0.717, 1.165) is 17.4 Å². The fraction of sp³-hybridized carbons (Fsp3) is 0.0769. The Balaban J connectivity index is 2.78. The highest BCUT2D eigenvalue weighted by atomic mass is 16.1. The van der Waals surface area contributed by atoms with Crippen molar-refractivity contribution in [2.75, 3.05) is 0 Å². The molecule has 0 saturated heterocycles. The third-order valence-corrected chi connectivity index (χ3v) is 2.45. The van der Waals surface area contributed by atoms with Crippen LogP contribution in [-0.4, -0.2) is 12.1 Å². The Morgan fingerprint density at radius 1 is 1.13 bits per heavy atom. The molecule has 0 bridgehead atoms. The molecule has 15 heavy (non-hydrogen) atoms. The van der Waals surface area contributed by atoms with Crippen molar-refractivity contribution in [3.05, 3.63) is 47.5 Å². The van der Waals surface area contributed by atoms with Gasteiger partial charge in [-0.2, -0.15) is 0 Å². The van der Waals surface area contributed by atoms with E-state index in [9.17, 15) is 9.59 Å². The van der Waals surface area contributed by atoms with Gasteiger partial charge in [0.15, 0.2) is 12.1 Å². The molecular formula is C13H10O2. The van der Waals surface area contributed by atoms with Crippen molar-refractivity contribution in [1.82, 2.24) is 0 Å². The second kappa shape index (κ2) is 3.65. The summed E-state index contributed by atoms with van der Waals surface area (Å²) in [7, 11) is 0. The summed E-state index contributed by atoms with van der Waals surface area (Å²) >= 11 is 0. The fourth-order valence-corrected chi connectivity index (χ4v) is 1.73. The Morgan fingerprint density at radius 2 is 1.80 bits per heavy atom. The van der Waals surface area contributed by atoms with Crippen LogP contribution in [0.5, 0.6) is 0 Å². The Morgan fingerprint density at radius 3 is 2.40 bits per heavy atom. The van der Waals surface area contributed by atoms with Gasteiger partial charge in [0.1, 0.15) is 0 Å². The summed E-state index contributed by atoms with van der Waals surface area (Å²) < 4.78 is 0. The Bertz CT molecular complexity index is 500. The fourth-order valence-electron chi connectivity index (χ4n) is 1.73. The van der Waals surface area contributed by atoms with Gasteiger partial charge < -0.3 is 0 Å². The minimum atomic E-state index is -0.0145. The molecule has 74 valence electrons. The van der Waals surface area contributed by atoms with Crippen molar-refractivity contribution >= 4 is 12.1 Å². The largest absolute Gasteiger partial charge is 0.298 e. The van der Waals surface area contributed by atoms with Gasteiger partial charge in [-0.05, 0) is 24.1 Å². The molecule has 0 fully saturated rings. The van der Waals surface area contributed by atoms with E-state index >= 15 is 0 Å². The van der Waals surface area contributed by atoms with E-state index in [1.54, 1.807) is 6.07 Å². The van der Waals surface area contributed by atoms with Crippen LogP contribution >= 0.6 is 0 Å². The van der Waals surface area contributed by atoms with Crippen LogP contribution in [0.15, 0.2) is 36.4 Å². The van der Waals surface area contributed by atoms with Gasteiger partial charge >= 0.3 is 0 Å². The zero-order chi connectivity index (χ0) is 10.8. The molecule has 0 atom stereocenters. The molecule has 0 spiro atoms. The summed E-state index contributed by atoms with van der Waals surface area (Å²) in [5.41, 5.74) is 2.87. The lowest BCUT2D eigenvalue weighted by molar-refractivity contribution is 0.101. The molecule has 0 unspecified atom stereocenters. The molecule has 0 radical (unpaired) electrons. The lowest BCUT2D eigenvalue weighted by atomic mass is 10.1. The summed E-state index contributed by atoms with van der Waals surface area (Å²) in [6.45, 7) is 1.51. The summed E-state index contributed by atoms with van der Waals surface area (Å²) in [5, 5.41) is 0. The normalized spacial score (nSPS) is 10.2. The van der Waals surface area contributed by atoms with Gasteiger partial charge in [0.25, 0.3) is 0 Å². The number of fused-ring (bicyclic) bond motifs is 1. The molecule has 2 aliphatic rings. The van der Waals surface area contributed by atoms with E-state index in [2.05, 4.69) is 0 Å². The van der Waals surface area contributed by atoms with E-state index in [1.807, 2.05) is 30.3 Å². The first kappa shape index (κ1) is 9.59. The molecule has 0 aromatic rings. The standard InChI is InChI=1S/C13H10O2/c1-9(15)13-7-10(8-14)11-5-3-2-4-6-12(11)13/h2-8H,1H3. The van der Waals surface area contributed by atoms with Crippen LogP contribution in [0.4, 0.5) is 0 Å². The molecule has 0 aromatic carbocycles. The van der Waals surface area contributed by atoms with E-state index in [0.29, 0.717) is 11.1 Å². The van der Waals surface area contributed by atoms with Crippen molar-refractivity contribution in [2.45, 2.75) is 6.92 Å². The SMILES string of the molecule is CC(=O)c1cc(C=O)c2cccccc1-2. The molecule has 0 saturated carbocycles. The molecule has 2 rings (SSSR count). The Labute approximate surface area is 87.9 Å². The van der Waals surface area contributed by atoms with Crippen LogP contribution in [0, 0.1) is 0 Å². The topological polar surface area (TPSA) is 34.1 Å². The summed E-state index contributed by atoms with van der Waals surface area (Å²) in [5.74, 6) is -0.0145. The minimum absolute atomic E-state index is 0.0145. The lowest BCUT2D eigenvalue weighted by Gasteiger charge is -1.95. The molecule has 2 aliphatic carbocycles. The predicted molar refractivity (Wildman–Crippen MR) is 58.5 cm³/mol. The third-order valence-electron chi connectivity index (χ3n) is 2.45. The first-order valence-corrected chi connectivity index (χ1v) is 4.72.